The smallest absolute Gasteiger partial charge is 0.261 e. The molecular weight excluding hydrogens is 284 g/mol. The average molecular weight is 298 g/mol. The number of sulfonamides is 1. The van der Waals surface area contributed by atoms with Crippen molar-refractivity contribution in [1.82, 2.24) is 4.98 Å². The lowest BCUT2D eigenvalue weighted by atomic mass is 10.2. The number of fused-ring (bicyclic) bond motifs is 1. The summed E-state index contributed by atoms with van der Waals surface area (Å²) >= 11 is 0. The molecule has 0 bridgehead atoms. The first-order valence-corrected chi connectivity index (χ1v) is 7.98. The van der Waals surface area contributed by atoms with Crippen molar-refractivity contribution in [2.75, 3.05) is 4.72 Å². The molecule has 3 rings (SSSR count). The molecule has 0 fully saturated rings. The highest BCUT2D eigenvalue weighted by Crippen LogP contribution is 2.21. The molecule has 5 heteroatoms. The molecule has 0 unspecified atom stereocenters. The van der Waals surface area contributed by atoms with Gasteiger partial charge in [-0.3, -0.25) is 9.71 Å². The molecule has 4 nitrogen and oxygen atoms in total. The Labute approximate surface area is 123 Å². The number of nitrogens with one attached hydrogen (secondary N) is 1. The van der Waals surface area contributed by atoms with E-state index in [1.165, 1.54) is 0 Å². The molecule has 1 aromatic heterocycles. The fourth-order valence-corrected chi connectivity index (χ4v) is 3.18. The molecule has 0 aliphatic rings. The number of benzene rings is 2. The zero-order valence-electron chi connectivity index (χ0n) is 11.4. The molecule has 0 radical (unpaired) electrons. The standard InChI is InChI=1S/C16H14N2O2S/c1-12-7-8-13-11-14(9-10-16(13)17-12)18-21(19,20)15-5-3-2-4-6-15/h2-11,18H,1H3. The molecule has 0 saturated heterocycles. The molecule has 1 N–H and O–H groups in total. The average Bonchev–Trinajstić information content (AvgIpc) is 2.48. The van der Waals surface area contributed by atoms with E-state index in [0.29, 0.717) is 5.69 Å². The molecule has 0 spiro atoms. The minimum Gasteiger partial charge on any atom is -0.280 e. The first-order valence-electron chi connectivity index (χ1n) is 6.50. The molecule has 0 aliphatic heterocycles. The summed E-state index contributed by atoms with van der Waals surface area (Å²) in [5.74, 6) is 0. The van der Waals surface area contributed by atoms with Crippen molar-refractivity contribution in [3.8, 4) is 0 Å². The number of aryl methyl sites for hydroxylation is 1. The highest BCUT2D eigenvalue weighted by atomic mass is 32.2. The highest BCUT2D eigenvalue weighted by molar-refractivity contribution is 7.92. The Hall–Kier alpha value is -2.40. The second-order valence-corrected chi connectivity index (χ2v) is 6.46. The van der Waals surface area contributed by atoms with E-state index < -0.39 is 10.0 Å². The van der Waals surface area contributed by atoms with Crippen molar-refractivity contribution in [3.05, 3.63) is 66.4 Å². The first kappa shape index (κ1) is 13.6. The van der Waals surface area contributed by atoms with Crippen molar-refractivity contribution >= 4 is 26.6 Å². The summed E-state index contributed by atoms with van der Waals surface area (Å²) in [7, 11) is -3.56. The Bertz CT molecular complexity index is 891. The minimum absolute atomic E-state index is 0.243. The van der Waals surface area contributed by atoms with E-state index in [4.69, 9.17) is 0 Å². The van der Waals surface area contributed by atoms with Gasteiger partial charge in [-0.2, -0.15) is 0 Å². The molecule has 0 aliphatic carbocycles. The van der Waals surface area contributed by atoms with Crippen LogP contribution in [-0.4, -0.2) is 13.4 Å². The highest BCUT2D eigenvalue weighted by Gasteiger charge is 2.13. The van der Waals surface area contributed by atoms with Crippen molar-refractivity contribution in [1.29, 1.82) is 0 Å². The SMILES string of the molecule is Cc1ccc2cc(NS(=O)(=O)c3ccccc3)ccc2n1. The largest absolute Gasteiger partial charge is 0.280 e. The quantitative estimate of drug-likeness (QED) is 0.806. The van der Waals surface area contributed by atoms with Gasteiger partial charge >= 0.3 is 0 Å². The summed E-state index contributed by atoms with van der Waals surface area (Å²) < 4.78 is 27.1. The van der Waals surface area contributed by atoms with E-state index in [2.05, 4.69) is 9.71 Å². The van der Waals surface area contributed by atoms with Gasteiger partial charge in [0.05, 0.1) is 10.4 Å². The molecule has 0 saturated carbocycles. The summed E-state index contributed by atoms with van der Waals surface area (Å²) in [5, 5.41) is 0.897. The van der Waals surface area contributed by atoms with Crippen LogP contribution in [0.4, 0.5) is 5.69 Å². The predicted octanol–water partition coefficient (Wildman–Crippen LogP) is 3.34. The lowest BCUT2D eigenvalue weighted by Gasteiger charge is -2.09. The Balaban J connectivity index is 1.97. The number of pyridine rings is 1. The third kappa shape index (κ3) is 2.87. The Morgan fingerprint density at radius 2 is 1.71 bits per heavy atom. The van der Waals surface area contributed by atoms with Gasteiger partial charge in [-0.05, 0) is 43.3 Å². The maximum atomic E-state index is 12.3. The summed E-state index contributed by atoms with van der Waals surface area (Å²) in [6.45, 7) is 1.92. The Morgan fingerprint density at radius 3 is 2.48 bits per heavy atom. The van der Waals surface area contributed by atoms with Crippen LogP contribution >= 0.6 is 0 Å². The third-order valence-corrected chi connectivity index (χ3v) is 4.53. The second-order valence-electron chi connectivity index (χ2n) is 4.78. The summed E-state index contributed by atoms with van der Waals surface area (Å²) in [4.78, 5) is 4.64. The van der Waals surface area contributed by atoms with Crippen LogP contribution in [0, 0.1) is 6.92 Å². The summed E-state index contributed by atoms with van der Waals surface area (Å²) in [5.41, 5.74) is 2.30. The normalized spacial score (nSPS) is 11.5. The van der Waals surface area contributed by atoms with Crippen molar-refractivity contribution in [2.45, 2.75) is 11.8 Å². The Morgan fingerprint density at radius 1 is 0.952 bits per heavy atom. The Kier molecular flexibility index (Phi) is 3.35. The van der Waals surface area contributed by atoms with E-state index in [1.54, 1.807) is 42.5 Å². The molecular formula is C16H14N2O2S. The van der Waals surface area contributed by atoms with Crippen molar-refractivity contribution < 1.29 is 8.42 Å². The van der Waals surface area contributed by atoms with Gasteiger partial charge in [0, 0.05) is 16.8 Å². The number of hydrogen-bond acceptors (Lipinski definition) is 3. The van der Waals surface area contributed by atoms with Crippen LogP contribution in [0.25, 0.3) is 10.9 Å². The van der Waals surface area contributed by atoms with Gasteiger partial charge in [-0.1, -0.05) is 24.3 Å². The van der Waals surface area contributed by atoms with E-state index in [1.807, 2.05) is 25.1 Å². The number of hydrogen-bond donors (Lipinski definition) is 1. The summed E-state index contributed by atoms with van der Waals surface area (Å²) in [6.07, 6.45) is 0. The number of rotatable bonds is 3. The van der Waals surface area contributed by atoms with Gasteiger partial charge in [-0.15, -0.1) is 0 Å². The summed E-state index contributed by atoms with van der Waals surface area (Å²) in [6, 6.07) is 17.4. The number of nitrogens with zero attached hydrogens (tertiary/aromatic N) is 1. The maximum Gasteiger partial charge on any atom is 0.261 e. The molecule has 3 aromatic rings. The van der Waals surface area contributed by atoms with E-state index in [9.17, 15) is 8.42 Å². The van der Waals surface area contributed by atoms with Crippen LogP contribution in [0.2, 0.25) is 0 Å². The molecule has 2 aromatic carbocycles. The van der Waals surface area contributed by atoms with Gasteiger partial charge in [0.1, 0.15) is 0 Å². The van der Waals surface area contributed by atoms with E-state index in [-0.39, 0.29) is 4.90 Å². The van der Waals surface area contributed by atoms with E-state index in [0.717, 1.165) is 16.6 Å². The first-order chi connectivity index (χ1) is 10.0. The number of anilines is 1. The van der Waals surface area contributed by atoms with Crippen LogP contribution in [0.5, 0.6) is 0 Å². The predicted molar refractivity (Wildman–Crippen MR) is 83.7 cm³/mol. The molecule has 0 amide bonds. The van der Waals surface area contributed by atoms with Gasteiger partial charge in [0.25, 0.3) is 10.0 Å². The van der Waals surface area contributed by atoms with Crippen LogP contribution in [0.1, 0.15) is 5.69 Å². The molecule has 0 atom stereocenters. The van der Waals surface area contributed by atoms with Crippen molar-refractivity contribution in [2.24, 2.45) is 0 Å². The topological polar surface area (TPSA) is 59.1 Å². The number of aromatic nitrogens is 1. The fraction of sp³-hybridized carbons (Fsp3) is 0.0625. The molecule has 106 valence electrons. The molecule has 1 heterocycles. The third-order valence-electron chi connectivity index (χ3n) is 3.13. The van der Waals surface area contributed by atoms with Gasteiger partial charge < -0.3 is 0 Å². The van der Waals surface area contributed by atoms with Crippen LogP contribution in [-0.2, 0) is 10.0 Å². The lowest BCUT2D eigenvalue weighted by Crippen LogP contribution is -2.12. The van der Waals surface area contributed by atoms with E-state index >= 15 is 0 Å². The van der Waals surface area contributed by atoms with Crippen LogP contribution in [0.3, 0.4) is 0 Å². The maximum absolute atomic E-state index is 12.3. The fourth-order valence-electron chi connectivity index (χ4n) is 2.10. The van der Waals surface area contributed by atoms with Gasteiger partial charge in [0.2, 0.25) is 0 Å². The second kappa shape index (κ2) is 5.18. The monoisotopic (exact) mass is 298 g/mol. The van der Waals surface area contributed by atoms with Gasteiger partial charge in [-0.25, -0.2) is 8.42 Å². The zero-order valence-corrected chi connectivity index (χ0v) is 12.3. The zero-order chi connectivity index (χ0) is 14.9. The lowest BCUT2D eigenvalue weighted by molar-refractivity contribution is 0.601. The van der Waals surface area contributed by atoms with Gasteiger partial charge in [0.15, 0.2) is 0 Å². The van der Waals surface area contributed by atoms with Crippen LogP contribution in [0.15, 0.2) is 65.6 Å². The van der Waals surface area contributed by atoms with Crippen LogP contribution < -0.4 is 4.72 Å². The molecule has 21 heavy (non-hydrogen) atoms. The minimum atomic E-state index is -3.56. The van der Waals surface area contributed by atoms with Crippen molar-refractivity contribution in [3.63, 3.8) is 0 Å².